The van der Waals surface area contributed by atoms with Gasteiger partial charge in [0, 0.05) is 50.1 Å². The second kappa shape index (κ2) is 15.2. The Balaban J connectivity index is 1.68. The molecule has 1 aliphatic heterocycles. The van der Waals surface area contributed by atoms with Crippen molar-refractivity contribution in [3.8, 4) is 11.5 Å². The topological polar surface area (TPSA) is 61.8 Å². The monoisotopic (exact) mass is 636 g/mol. The number of ether oxygens (including phenoxy) is 3. The minimum absolute atomic E-state index is 0.111. The predicted molar refractivity (Wildman–Crippen MR) is 164 cm³/mol. The van der Waals surface area contributed by atoms with E-state index in [0.29, 0.717) is 69.3 Å². The van der Waals surface area contributed by atoms with Gasteiger partial charge in [-0.15, -0.1) is 0 Å². The number of carbonyl (C=O) groups is 2. The lowest BCUT2D eigenvalue weighted by Crippen LogP contribution is -2.18. The van der Waals surface area contributed by atoms with E-state index in [9.17, 15) is 9.59 Å². The molecule has 1 heterocycles. The van der Waals surface area contributed by atoms with E-state index < -0.39 is 5.97 Å². The van der Waals surface area contributed by atoms with E-state index in [2.05, 4.69) is 0 Å². The van der Waals surface area contributed by atoms with Gasteiger partial charge in [-0.3, -0.25) is 4.79 Å². The third kappa shape index (κ3) is 9.27. The first-order valence-corrected chi connectivity index (χ1v) is 15.2. The predicted octanol–water partition coefficient (Wildman–Crippen LogP) is 9.86. The maximum Gasteiger partial charge on any atom is 0.342 e. The van der Waals surface area contributed by atoms with E-state index in [-0.39, 0.29) is 25.1 Å². The number of rotatable bonds is 6. The fraction of sp³-hybridized carbons (Fsp3) is 0.375. The van der Waals surface area contributed by atoms with E-state index in [0.717, 1.165) is 36.0 Å². The van der Waals surface area contributed by atoms with Crippen molar-refractivity contribution >= 4 is 58.2 Å². The van der Waals surface area contributed by atoms with Gasteiger partial charge in [0.05, 0.1) is 6.10 Å². The van der Waals surface area contributed by atoms with Crippen LogP contribution in [0.3, 0.4) is 0 Å². The lowest BCUT2D eigenvalue weighted by molar-refractivity contribution is -0.119. The van der Waals surface area contributed by atoms with Crippen molar-refractivity contribution in [2.24, 2.45) is 0 Å². The molecule has 0 N–H and O–H groups in total. The highest BCUT2D eigenvalue weighted by Gasteiger charge is 2.24. The minimum atomic E-state index is -0.472. The molecule has 0 radical (unpaired) electrons. The average Bonchev–Trinajstić information content (AvgIpc) is 2.91. The van der Waals surface area contributed by atoms with Crippen LogP contribution in [-0.4, -0.2) is 17.9 Å². The lowest BCUT2D eigenvalue weighted by atomic mass is 9.98. The number of carbonyl (C=O) groups excluding carboxylic acids is 2. The van der Waals surface area contributed by atoms with Crippen LogP contribution in [-0.2, 0) is 29.2 Å². The number of ketones is 1. The van der Waals surface area contributed by atoms with Gasteiger partial charge in [0.1, 0.15) is 36.1 Å². The summed E-state index contributed by atoms with van der Waals surface area (Å²) in [6.45, 7) is 2.15. The molecule has 41 heavy (non-hydrogen) atoms. The Bertz CT molecular complexity index is 1390. The number of aryl methyl sites for hydroxylation is 1. The number of esters is 1. The molecule has 0 fully saturated rings. The van der Waals surface area contributed by atoms with E-state index in [1.807, 2.05) is 19.1 Å². The molecule has 1 atom stereocenters. The zero-order chi connectivity index (χ0) is 29.4. The molecule has 3 aromatic rings. The SMILES string of the molecule is C[C@H]1CCCC(=O)CCCCCc2cc(OCc3ccc(Cl)cc3Cl)cc(OCc3ccc(Cl)cc3Cl)c2C(=O)O1. The fourth-order valence-corrected chi connectivity index (χ4v) is 5.62. The molecule has 3 aromatic carbocycles. The summed E-state index contributed by atoms with van der Waals surface area (Å²) in [6, 6.07) is 13.9. The van der Waals surface area contributed by atoms with Crippen LogP contribution in [0.5, 0.6) is 11.5 Å². The van der Waals surface area contributed by atoms with Gasteiger partial charge >= 0.3 is 5.97 Å². The highest BCUT2D eigenvalue weighted by atomic mass is 35.5. The summed E-state index contributed by atoms with van der Waals surface area (Å²) >= 11 is 24.9. The zero-order valence-electron chi connectivity index (χ0n) is 22.8. The third-order valence-corrected chi connectivity index (χ3v) is 8.12. The number of Topliss-reactive ketones (excluding diaryl/α,β-unsaturated/α-hetero) is 1. The Morgan fingerprint density at radius 2 is 1.37 bits per heavy atom. The molecule has 0 spiro atoms. The van der Waals surface area contributed by atoms with Crippen molar-refractivity contribution in [3.05, 3.63) is 90.9 Å². The number of halogens is 4. The zero-order valence-corrected chi connectivity index (χ0v) is 25.8. The molecule has 0 unspecified atom stereocenters. The van der Waals surface area contributed by atoms with Crippen molar-refractivity contribution < 1.29 is 23.8 Å². The van der Waals surface area contributed by atoms with Gasteiger partial charge in [0.2, 0.25) is 0 Å². The minimum Gasteiger partial charge on any atom is -0.489 e. The van der Waals surface area contributed by atoms with Crippen LogP contribution in [0, 0.1) is 0 Å². The number of fused-ring (bicyclic) bond motifs is 1. The molecular formula is C32H32Cl4O5. The molecule has 0 aliphatic carbocycles. The van der Waals surface area contributed by atoms with Gasteiger partial charge in [-0.25, -0.2) is 4.79 Å². The quantitative estimate of drug-likeness (QED) is 0.252. The van der Waals surface area contributed by atoms with Crippen LogP contribution >= 0.6 is 46.4 Å². The number of hydrogen-bond donors (Lipinski definition) is 0. The maximum atomic E-state index is 13.6. The molecule has 0 bridgehead atoms. The molecule has 0 saturated carbocycles. The van der Waals surface area contributed by atoms with Crippen molar-refractivity contribution in [2.45, 2.75) is 77.6 Å². The molecule has 0 aromatic heterocycles. The summed E-state index contributed by atoms with van der Waals surface area (Å²) in [5, 5.41) is 2.02. The first-order chi connectivity index (χ1) is 19.7. The van der Waals surface area contributed by atoms with E-state index in [1.54, 1.807) is 36.4 Å². The molecule has 9 heteroatoms. The normalized spacial score (nSPS) is 16.9. The van der Waals surface area contributed by atoms with Gasteiger partial charge in [0.25, 0.3) is 0 Å². The molecule has 4 rings (SSSR count). The van der Waals surface area contributed by atoms with Crippen LogP contribution in [0.2, 0.25) is 20.1 Å². The van der Waals surface area contributed by atoms with Crippen molar-refractivity contribution in [1.29, 1.82) is 0 Å². The summed E-state index contributed by atoms with van der Waals surface area (Å²) < 4.78 is 18.2. The molecule has 5 nitrogen and oxygen atoms in total. The summed E-state index contributed by atoms with van der Waals surface area (Å²) in [5.41, 5.74) is 2.61. The Morgan fingerprint density at radius 1 is 0.756 bits per heavy atom. The standard InChI is InChI=1S/C32H32Cl4O5/c1-20-6-5-9-26(37)8-4-2-3-7-21-14-27(39-18-22-10-12-24(33)15-28(22)35)17-30(31(21)32(38)41-20)40-19-23-11-13-25(34)16-29(23)36/h10-17,20H,2-9,18-19H2,1H3/t20-/m0/s1. The molecule has 0 saturated heterocycles. The Morgan fingerprint density at radius 3 is 2.02 bits per heavy atom. The molecule has 218 valence electrons. The maximum absolute atomic E-state index is 13.6. The highest BCUT2D eigenvalue weighted by Crippen LogP contribution is 2.34. The van der Waals surface area contributed by atoms with E-state index in [1.165, 1.54) is 0 Å². The Kier molecular flexibility index (Phi) is 11.6. The third-order valence-electron chi connectivity index (χ3n) is 6.95. The van der Waals surface area contributed by atoms with Gasteiger partial charge < -0.3 is 14.2 Å². The second-order valence-corrected chi connectivity index (χ2v) is 11.9. The number of hydrogen-bond acceptors (Lipinski definition) is 5. The first kappa shape index (κ1) is 31.5. The van der Waals surface area contributed by atoms with Crippen molar-refractivity contribution in [2.75, 3.05) is 0 Å². The van der Waals surface area contributed by atoms with Crippen molar-refractivity contribution in [1.82, 2.24) is 0 Å². The van der Waals surface area contributed by atoms with Crippen LogP contribution in [0.1, 0.15) is 78.9 Å². The van der Waals surface area contributed by atoms with Gasteiger partial charge in [-0.05, 0) is 74.9 Å². The first-order valence-electron chi connectivity index (χ1n) is 13.7. The van der Waals surface area contributed by atoms with Gasteiger partial charge in [0.15, 0.2) is 0 Å². The highest BCUT2D eigenvalue weighted by molar-refractivity contribution is 6.35. The largest absolute Gasteiger partial charge is 0.489 e. The smallest absolute Gasteiger partial charge is 0.342 e. The Hall–Kier alpha value is -2.44. The van der Waals surface area contributed by atoms with E-state index >= 15 is 0 Å². The molecular weight excluding hydrogens is 606 g/mol. The second-order valence-electron chi connectivity index (χ2n) is 10.2. The molecule has 0 amide bonds. The molecule has 1 aliphatic rings. The number of benzene rings is 3. The van der Waals surface area contributed by atoms with Crippen LogP contribution in [0.25, 0.3) is 0 Å². The van der Waals surface area contributed by atoms with Crippen LogP contribution < -0.4 is 9.47 Å². The van der Waals surface area contributed by atoms with Gasteiger partial charge in [-0.1, -0.05) is 65.0 Å². The summed E-state index contributed by atoms with van der Waals surface area (Å²) in [7, 11) is 0. The van der Waals surface area contributed by atoms with Crippen molar-refractivity contribution in [3.63, 3.8) is 0 Å². The van der Waals surface area contributed by atoms with Crippen LogP contribution in [0.4, 0.5) is 0 Å². The van der Waals surface area contributed by atoms with E-state index in [4.69, 9.17) is 60.6 Å². The summed E-state index contributed by atoms with van der Waals surface area (Å²) in [6.07, 6.45) is 5.06. The Labute approximate surface area is 261 Å². The van der Waals surface area contributed by atoms with Crippen LogP contribution in [0.15, 0.2) is 48.5 Å². The summed E-state index contributed by atoms with van der Waals surface area (Å²) in [4.78, 5) is 25.8. The summed E-state index contributed by atoms with van der Waals surface area (Å²) in [5.74, 6) is 0.642. The number of cyclic esters (lactones) is 1. The lowest BCUT2D eigenvalue weighted by Gasteiger charge is -2.20. The average molecular weight is 638 g/mol. The fourth-order valence-electron chi connectivity index (χ4n) is 4.69. The van der Waals surface area contributed by atoms with Gasteiger partial charge in [-0.2, -0.15) is 0 Å².